The SMILES string of the molecule is O=C(C1CCCNC1)N(CCc1ccc(F)cc1)C1CCCC1. The van der Waals surface area contributed by atoms with E-state index in [9.17, 15) is 9.18 Å². The lowest BCUT2D eigenvalue weighted by molar-refractivity contribution is -0.138. The Hall–Kier alpha value is -1.42. The van der Waals surface area contributed by atoms with E-state index in [2.05, 4.69) is 10.2 Å². The van der Waals surface area contributed by atoms with Gasteiger partial charge in [-0.05, 0) is 56.3 Å². The molecule has 23 heavy (non-hydrogen) atoms. The standard InChI is InChI=1S/C19H27FN2O/c20-17-9-7-15(8-10-17)11-13-22(18-5-1-2-6-18)19(23)16-4-3-12-21-14-16/h7-10,16,18,21H,1-6,11-14H2. The van der Waals surface area contributed by atoms with E-state index in [1.54, 1.807) is 0 Å². The second kappa shape index (κ2) is 7.91. The Balaban J connectivity index is 1.64. The first-order valence-electron chi connectivity index (χ1n) is 8.99. The van der Waals surface area contributed by atoms with Crippen molar-refractivity contribution >= 4 is 5.91 Å². The fourth-order valence-corrected chi connectivity index (χ4v) is 3.89. The maximum atomic E-state index is 13.0. The highest BCUT2D eigenvalue weighted by atomic mass is 19.1. The van der Waals surface area contributed by atoms with Gasteiger partial charge in [-0.25, -0.2) is 4.39 Å². The summed E-state index contributed by atoms with van der Waals surface area (Å²) in [7, 11) is 0. The minimum absolute atomic E-state index is 0.137. The Bertz CT molecular complexity index is 505. The predicted octanol–water partition coefficient (Wildman–Crippen LogP) is 3.14. The van der Waals surface area contributed by atoms with Crippen LogP contribution in [0.1, 0.15) is 44.1 Å². The van der Waals surface area contributed by atoms with Crippen molar-refractivity contribution in [2.24, 2.45) is 5.92 Å². The molecule has 1 amide bonds. The molecule has 1 heterocycles. The average molecular weight is 318 g/mol. The van der Waals surface area contributed by atoms with Crippen molar-refractivity contribution in [1.82, 2.24) is 10.2 Å². The minimum Gasteiger partial charge on any atom is -0.339 e. The summed E-state index contributed by atoms with van der Waals surface area (Å²) in [6.07, 6.45) is 7.63. The van der Waals surface area contributed by atoms with E-state index in [1.165, 1.54) is 25.0 Å². The highest BCUT2D eigenvalue weighted by molar-refractivity contribution is 5.79. The third-order valence-electron chi connectivity index (χ3n) is 5.25. The molecule has 1 saturated heterocycles. The van der Waals surface area contributed by atoms with Crippen LogP contribution in [0.15, 0.2) is 24.3 Å². The summed E-state index contributed by atoms with van der Waals surface area (Å²) in [6.45, 7) is 2.60. The average Bonchev–Trinajstić information content (AvgIpc) is 3.12. The normalized spacial score (nSPS) is 22.2. The molecule has 1 N–H and O–H groups in total. The fraction of sp³-hybridized carbons (Fsp3) is 0.632. The molecular formula is C19H27FN2O. The van der Waals surface area contributed by atoms with Gasteiger partial charge in [0.2, 0.25) is 5.91 Å². The summed E-state index contributed by atoms with van der Waals surface area (Å²) in [6, 6.07) is 7.07. The van der Waals surface area contributed by atoms with Crippen molar-refractivity contribution in [3.63, 3.8) is 0 Å². The lowest BCUT2D eigenvalue weighted by Crippen LogP contribution is -2.47. The van der Waals surface area contributed by atoms with Gasteiger partial charge < -0.3 is 10.2 Å². The molecule has 1 aromatic carbocycles. The lowest BCUT2D eigenvalue weighted by Gasteiger charge is -2.34. The molecule has 4 heteroatoms. The molecule has 0 aromatic heterocycles. The van der Waals surface area contributed by atoms with Gasteiger partial charge in [-0.1, -0.05) is 25.0 Å². The van der Waals surface area contributed by atoms with Gasteiger partial charge in [-0.2, -0.15) is 0 Å². The van der Waals surface area contributed by atoms with Gasteiger partial charge in [0.15, 0.2) is 0 Å². The first-order chi connectivity index (χ1) is 11.2. The number of piperidine rings is 1. The number of hydrogen-bond donors (Lipinski definition) is 1. The van der Waals surface area contributed by atoms with Crippen LogP contribution in [0.4, 0.5) is 4.39 Å². The number of carbonyl (C=O) groups excluding carboxylic acids is 1. The topological polar surface area (TPSA) is 32.3 Å². The first kappa shape index (κ1) is 16.4. The maximum Gasteiger partial charge on any atom is 0.227 e. The van der Waals surface area contributed by atoms with Gasteiger partial charge in [0.05, 0.1) is 5.92 Å². The highest BCUT2D eigenvalue weighted by Crippen LogP contribution is 2.26. The Morgan fingerprint density at radius 1 is 1.13 bits per heavy atom. The monoisotopic (exact) mass is 318 g/mol. The third kappa shape index (κ3) is 4.31. The zero-order valence-electron chi connectivity index (χ0n) is 13.8. The maximum absolute atomic E-state index is 13.0. The second-order valence-corrected chi connectivity index (χ2v) is 6.89. The van der Waals surface area contributed by atoms with Crippen LogP contribution in [0.3, 0.4) is 0 Å². The number of carbonyl (C=O) groups is 1. The number of halogens is 1. The number of amides is 1. The molecule has 3 rings (SSSR count). The van der Waals surface area contributed by atoms with E-state index in [4.69, 9.17) is 0 Å². The summed E-state index contributed by atoms with van der Waals surface area (Å²) in [5.41, 5.74) is 1.10. The van der Waals surface area contributed by atoms with Crippen molar-refractivity contribution in [2.45, 2.75) is 51.0 Å². The van der Waals surface area contributed by atoms with Crippen molar-refractivity contribution in [3.05, 3.63) is 35.6 Å². The van der Waals surface area contributed by atoms with E-state index >= 15 is 0 Å². The Morgan fingerprint density at radius 3 is 2.52 bits per heavy atom. The molecule has 1 aliphatic carbocycles. The van der Waals surface area contributed by atoms with Crippen molar-refractivity contribution in [2.75, 3.05) is 19.6 Å². The van der Waals surface area contributed by atoms with Crippen molar-refractivity contribution < 1.29 is 9.18 Å². The molecule has 3 nitrogen and oxygen atoms in total. The van der Waals surface area contributed by atoms with Gasteiger partial charge in [-0.15, -0.1) is 0 Å². The highest BCUT2D eigenvalue weighted by Gasteiger charge is 2.31. The predicted molar refractivity (Wildman–Crippen MR) is 89.7 cm³/mol. The Labute approximate surface area is 138 Å². The number of nitrogens with one attached hydrogen (secondary N) is 1. The number of nitrogens with zero attached hydrogens (tertiary/aromatic N) is 1. The summed E-state index contributed by atoms with van der Waals surface area (Å²) >= 11 is 0. The van der Waals surface area contributed by atoms with E-state index < -0.39 is 0 Å². The quantitative estimate of drug-likeness (QED) is 0.904. The van der Waals surface area contributed by atoms with Gasteiger partial charge in [0, 0.05) is 19.1 Å². The molecule has 1 atom stereocenters. The molecule has 0 bridgehead atoms. The molecule has 1 aliphatic heterocycles. The summed E-state index contributed by atoms with van der Waals surface area (Å²) < 4.78 is 13.0. The molecule has 2 fully saturated rings. The largest absolute Gasteiger partial charge is 0.339 e. The van der Waals surface area contributed by atoms with E-state index in [1.807, 2.05) is 12.1 Å². The Morgan fingerprint density at radius 2 is 1.87 bits per heavy atom. The molecular weight excluding hydrogens is 291 g/mol. The van der Waals surface area contributed by atoms with Crippen LogP contribution in [-0.4, -0.2) is 36.5 Å². The van der Waals surface area contributed by atoms with Crippen LogP contribution in [0.25, 0.3) is 0 Å². The summed E-state index contributed by atoms with van der Waals surface area (Å²) in [5, 5.41) is 3.35. The van der Waals surface area contributed by atoms with Gasteiger partial charge in [-0.3, -0.25) is 4.79 Å². The number of hydrogen-bond acceptors (Lipinski definition) is 2. The molecule has 0 spiro atoms. The lowest BCUT2D eigenvalue weighted by atomic mass is 9.96. The van der Waals surface area contributed by atoms with E-state index in [0.717, 1.165) is 57.3 Å². The van der Waals surface area contributed by atoms with Crippen LogP contribution < -0.4 is 5.32 Å². The summed E-state index contributed by atoms with van der Waals surface area (Å²) in [4.78, 5) is 15.1. The molecule has 1 unspecified atom stereocenters. The van der Waals surface area contributed by atoms with Crippen molar-refractivity contribution in [3.8, 4) is 0 Å². The van der Waals surface area contributed by atoms with Crippen LogP contribution in [0.5, 0.6) is 0 Å². The van der Waals surface area contributed by atoms with Crippen LogP contribution in [0.2, 0.25) is 0 Å². The number of benzene rings is 1. The van der Waals surface area contributed by atoms with Crippen LogP contribution in [-0.2, 0) is 11.2 Å². The zero-order valence-corrected chi connectivity index (χ0v) is 13.8. The Kier molecular flexibility index (Phi) is 5.65. The zero-order chi connectivity index (χ0) is 16.1. The minimum atomic E-state index is -0.203. The molecule has 0 radical (unpaired) electrons. The number of rotatable bonds is 5. The van der Waals surface area contributed by atoms with Crippen LogP contribution in [0, 0.1) is 11.7 Å². The first-order valence-corrected chi connectivity index (χ1v) is 8.99. The van der Waals surface area contributed by atoms with Gasteiger partial charge >= 0.3 is 0 Å². The van der Waals surface area contributed by atoms with Crippen LogP contribution >= 0.6 is 0 Å². The second-order valence-electron chi connectivity index (χ2n) is 6.89. The molecule has 1 saturated carbocycles. The molecule has 126 valence electrons. The van der Waals surface area contributed by atoms with E-state index in [0.29, 0.717) is 11.9 Å². The van der Waals surface area contributed by atoms with E-state index in [-0.39, 0.29) is 11.7 Å². The van der Waals surface area contributed by atoms with Crippen molar-refractivity contribution in [1.29, 1.82) is 0 Å². The smallest absolute Gasteiger partial charge is 0.227 e. The van der Waals surface area contributed by atoms with Gasteiger partial charge in [0.25, 0.3) is 0 Å². The third-order valence-corrected chi connectivity index (χ3v) is 5.25. The summed E-state index contributed by atoms with van der Waals surface area (Å²) in [5.74, 6) is 0.259. The fourth-order valence-electron chi connectivity index (χ4n) is 3.89. The van der Waals surface area contributed by atoms with Gasteiger partial charge in [0.1, 0.15) is 5.82 Å². The molecule has 2 aliphatic rings. The molecule has 1 aromatic rings.